The number of hydrogen-bond donors (Lipinski definition) is 0. The van der Waals surface area contributed by atoms with Crippen molar-refractivity contribution in [2.24, 2.45) is 11.3 Å². The van der Waals surface area contributed by atoms with Gasteiger partial charge in [-0.2, -0.15) is 0 Å². The molecule has 0 saturated carbocycles. The molecule has 0 spiro atoms. The second kappa shape index (κ2) is 8.97. The quantitative estimate of drug-likeness (QED) is 0.290. The Labute approximate surface area is 159 Å². The van der Waals surface area contributed by atoms with Crippen LogP contribution in [0, 0.1) is 11.3 Å². The van der Waals surface area contributed by atoms with Crippen LogP contribution in [0.15, 0.2) is 22.3 Å². The summed E-state index contributed by atoms with van der Waals surface area (Å²) in [5.41, 5.74) is 0.151. The maximum absolute atomic E-state index is 12.4. The van der Waals surface area contributed by atoms with Crippen LogP contribution >= 0.6 is 0 Å². The smallest absolute Gasteiger partial charge is 0.334 e. The van der Waals surface area contributed by atoms with Crippen molar-refractivity contribution in [2.45, 2.75) is 47.5 Å². The van der Waals surface area contributed by atoms with Crippen LogP contribution in [0.4, 0.5) is 0 Å². The van der Waals surface area contributed by atoms with E-state index in [0.29, 0.717) is 22.3 Å². The minimum absolute atomic E-state index is 0.0667. The van der Waals surface area contributed by atoms with Gasteiger partial charge in [0.25, 0.3) is 0 Å². The van der Waals surface area contributed by atoms with E-state index >= 15 is 0 Å². The van der Waals surface area contributed by atoms with Gasteiger partial charge in [0.15, 0.2) is 11.2 Å². The number of methoxy groups -OCH3 is 2. The Kier molecular flexibility index (Phi) is 7.51. The van der Waals surface area contributed by atoms with Gasteiger partial charge in [-0.3, -0.25) is 14.4 Å². The molecular weight excluding hydrogens is 352 g/mol. The number of ether oxygens (including phenoxy) is 3. The highest BCUT2D eigenvalue weighted by atomic mass is 16.5. The minimum Gasteiger partial charge on any atom is -0.468 e. The van der Waals surface area contributed by atoms with Crippen LogP contribution in [0.5, 0.6) is 0 Å². The third-order valence-corrected chi connectivity index (χ3v) is 4.83. The molecule has 7 nitrogen and oxygen atoms in total. The van der Waals surface area contributed by atoms with Crippen molar-refractivity contribution in [2.75, 3.05) is 20.8 Å². The lowest BCUT2D eigenvalue weighted by molar-refractivity contribution is -0.168. The van der Waals surface area contributed by atoms with Crippen molar-refractivity contribution in [3.05, 3.63) is 22.3 Å². The number of carbonyl (C=O) groups is 4. The molecule has 150 valence electrons. The SMILES string of the molecule is CCOC(=O)/C(=C(\C)C1=C(C(C)=O)CC(C(=O)OC)(C(=O)OC)C1)C(C)C. The van der Waals surface area contributed by atoms with E-state index in [-0.39, 0.29) is 31.1 Å². The molecule has 0 aromatic carbocycles. The predicted molar refractivity (Wildman–Crippen MR) is 97.6 cm³/mol. The van der Waals surface area contributed by atoms with Crippen LogP contribution in [0.25, 0.3) is 0 Å². The fourth-order valence-corrected chi connectivity index (χ4v) is 3.53. The highest BCUT2D eigenvalue weighted by molar-refractivity contribution is 6.06. The molecule has 27 heavy (non-hydrogen) atoms. The second-order valence-electron chi connectivity index (χ2n) is 6.85. The Morgan fingerprint density at radius 3 is 1.81 bits per heavy atom. The molecule has 0 atom stereocenters. The summed E-state index contributed by atoms with van der Waals surface area (Å²) >= 11 is 0. The first-order chi connectivity index (χ1) is 12.6. The van der Waals surface area contributed by atoms with Crippen LogP contribution in [-0.2, 0) is 33.4 Å². The lowest BCUT2D eigenvalue weighted by Gasteiger charge is -2.24. The van der Waals surface area contributed by atoms with Gasteiger partial charge >= 0.3 is 17.9 Å². The van der Waals surface area contributed by atoms with E-state index in [1.165, 1.54) is 21.1 Å². The number of esters is 3. The van der Waals surface area contributed by atoms with Gasteiger partial charge < -0.3 is 14.2 Å². The summed E-state index contributed by atoms with van der Waals surface area (Å²) in [6.07, 6.45) is -0.189. The Hall–Kier alpha value is -2.44. The van der Waals surface area contributed by atoms with E-state index in [9.17, 15) is 19.2 Å². The lowest BCUT2D eigenvalue weighted by atomic mass is 9.82. The Morgan fingerprint density at radius 1 is 0.963 bits per heavy atom. The normalized spacial score (nSPS) is 16.7. The van der Waals surface area contributed by atoms with E-state index in [4.69, 9.17) is 14.2 Å². The monoisotopic (exact) mass is 380 g/mol. The molecular formula is C20H28O7. The van der Waals surface area contributed by atoms with Crippen molar-refractivity contribution in [3.63, 3.8) is 0 Å². The molecule has 1 aliphatic rings. The van der Waals surface area contributed by atoms with E-state index in [1.807, 2.05) is 13.8 Å². The third kappa shape index (κ3) is 4.28. The van der Waals surface area contributed by atoms with Crippen molar-refractivity contribution < 1.29 is 33.4 Å². The fourth-order valence-electron chi connectivity index (χ4n) is 3.53. The molecule has 0 unspecified atom stereocenters. The molecule has 0 amide bonds. The molecule has 1 aliphatic carbocycles. The predicted octanol–water partition coefficient (Wildman–Crippen LogP) is 2.53. The summed E-state index contributed by atoms with van der Waals surface area (Å²) in [6.45, 7) is 8.68. The average molecular weight is 380 g/mol. The summed E-state index contributed by atoms with van der Waals surface area (Å²) in [5, 5.41) is 0. The highest BCUT2D eigenvalue weighted by Crippen LogP contribution is 2.47. The van der Waals surface area contributed by atoms with Crippen molar-refractivity contribution >= 4 is 23.7 Å². The van der Waals surface area contributed by atoms with E-state index in [2.05, 4.69) is 0 Å². The molecule has 0 aromatic heterocycles. The van der Waals surface area contributed by atoms with Crippen molar-refractivity contribution in [1.29, 1.82) is 0 Å². The molecule has 0 heterocycles. The minimum atomic E-state index is -1.63. The van der Waals surface area contributed by atoms with Gasteiger partial charge in [0.1, 0.15) is 0 Å². The van der Waals surface area contributed by atoms with Crippen LogP contribution in [0.2, 0.25) is 0 Å². The van der Waals surface area contributed by atoms with Gasteiger partial charge in [-0.25, -0.2) is 4.79 Å². The number of ketones is 1. The van der Waals surface area contributed by atoms with Crippen molar-refractivity contribution in [3.8, 4) is 0 Å². The zero-order valence-electron chi connectivity index (χ0n) is 17.1. The zero-order chi connectivity index (χ0) is 20.9. The number of rotatable bonds is 7. The molecule has 1 rings (SSSR count). The van der Waals surface area contributed by atoms with E-state index < -0.39 is 23.3 Å². The fraction of sp³-hybridized carbons (Fsp3) is 0.600. The standard InChI is InChI=1S/C20H28O7/c1-8-27-17(22)16(11(2)3)12(4)14-9-20(18(23)25-6,19(24)26-7)10-15(14)13(5)21/h11H,8-10H2,1-7H3/b16-12+. The maximum atomic E-state index is 12.4. The summed E-state index contributed by atoms with van der Waals surface area (Å²) in [4.78, 5) is 49.6. The number of hydrogen-bond acceptors (Lipinski definition) is 7. The number of allylic oxidation sites excluding steroid dienone is 3. The van der Waals surface area contributed by atoms with Gasteiger partial charge in [-0.1, -0.05) is 13.8 Å². The van der Waals surface area contributed by atoms with Crippen molar-refractivity contribution in [1.82, 2.24) is 0 Å². The molecule has 0 aromatic rings. The summed E-state index contributed by atoms with van der Waals surface area (Å²) in [5.74, 6) is -2.45. The van der Waals surface area contributed by atoms with Gasteiger partial charge in [-0.05, 0) is 37.8 Å². The molecule has 0 aliphatic heterocycles. The van der Waals surface area contributed by atoms with Gasteiger partial charge in [0, 0.05) is 24.0 Å². The zero-order valence-corrected chi connectivity index (χ0v) is 17.1. The highest BCUT2D eigenvalue weighted by Gasteiger charge is 2.54. The second-order valence-corrected chi connectivity index (χ2v) is 6.85. The molecule has 0 saturated heterocycles. The van der Waals surface area contributed by atoms with E-state index in [0.717, 1.165) is 0 Å². The topological polar surface area (TPSA) is 96.0 Å². The van der Waals surface area contributed by atoms with Crippen LogP contribution < -0.4 is 0 Å². The third-order valence-electron chi connectivity index (χ3n) is 4.83. The van der Waals surface area contributed by atoms with Gasteiger partial charge in [-0.15, -0.1) is 0 Å². The molecule has 0 N–H and O–H groups in total. The first kappa shape index (κ1) is 22.6. The first-order valence-corrected chi connectivity index (χ1v) is 8.85. The van der Waals surface area contributed by atoms with Gasteiger partial charge in [0.2, 0.25) is 0 Å². The molecule has 0 radical (unpaired) electrons. The summed E-state index contributed by atoms with van der Waals surface area (Å²) in [6, 6.07) is 0. The van der Waals surface area contributed by atoms with Crippen LogP contribution in [0.1, 0.15) is 47.5 Å². The lowest BCUT2D eigenvalue weighted by Crippen LogP contribution is -2.39. The van der Waals surface area contributed by atoms with E-state index in [1.54, 1.807) is 13.8 Å². The van der Waals surface area contributed by atoms with Gasteiger partial charge in [0.05, 0.1) is 20.8 Å². The molecule has 0 bridgehead atoms. The number of Topliss-reactive ketones (excluding diaryl/α,β-unsaturated/α-hetero) is 1. The summed E-state index contributed by atoms with van der Waals surface area (Å²) in [7, 11) is 2.36. The van der Waals surface area contributed by atoms with Crippen LogP contribution in [-0.4, -0.2) is 44.5 Å². The Balaban J connectivity index is 3.62. The average Bonchev–Trinajstić information content (AvgIpc) is 3.02. The maximum Gasteiger partial charge on any atom is 0.334 e. The number of carbonyl (C=O) groups excluding carboxylic acids is 4. The van der Waals surface area contributed by atoms with Crippen LogP contribution in [0.3, 0.4) is 0 Å². The first-order valence-electron chi connectivity index (χ1n) is 8.85. The Morgan fingerprint density at radius 2 is 1.44 bits per heavy atom. The largest absolute Gasteiger partial charge is 0.468 e. The summed E-state index contributed by atoms with van der Waals surface area (Å²) < 4.78 is 14.8. The molecule has 7 heteroatoms. The molecule has 0 fully saturated rings. The Bertz CT molecular complexity index is 694.